The first-order valence-electron chi connectivity index (χ1n) is 7.02. The van der Waals surface area contributed by atoms with E-state index in [9.17, 15) is 14.4 Å². The molecule has 0 unspecified atom stereocenters. The van der Waals surface area contributed by atoms with Crippen LogP contribution in [0.1, 0.15) is 36.2 Å². The molecule has 1 aromatic heterocycles. The van der Waals surface area contributed by atoms with Crippen molar-refractivity contribution in [1.29, 1.82) is 0 Å². The number of rotatable bonds is 4. The van der Waals surface area contributed by atoms with Crippen molar-refractivity contribution in [2.45, 2.75) is 31.2 Å². The van der Waals surface area contributed by atoms with Gasteiger partial charge in [0.2, 0.25) is 0 Å². The van der Waals surface area contributed by atoms with Crippen molar-refractivity contribution in [3.05, 3.63) is 40.3 Å². The number of fused-ring (bicyclic) bond motifs is 1. The van der Waals surface area contributed by atoms with Crippen LogP contribution >= 0.6 is 0 Å². The molecule has 22 heavy (non-hydrogen) atoms. The molecular weight excluding hydrogens is 286 g/mol. The fourth-order valence-electron chi connectivity index (χ4n) is 2.83. The molecule has 0 atom stereocenters. The fraction of sp³-hybridized carbons (Fsp3) is 0.333. The van der Waals surface area contributed by atoms with Crippen molar-refractivity contribution in [2.75, 3.05) is 0 Å². The molecule has 0 radical (unpaired) electrons. The first kappa shape index (κ1) is 14.2. The van der Waals surface area contributed by atoms with Crippen molar-refractivity contribution in [3.63, 3.8) is 0 Å². The molecule has 114 valence electrons. The van der Waals surface area contributed by atoms with E-state index in [2.05, 4.69) is 15.5 Å². The minimum atomic E-state index is -0.945. The molecule has 1 saturated carbocycles. The maximum absolute atomic E-state index is 12.5. The zero-order valence-electron chi connectivity index (χ0n) is 11.8. The molecule has 2 aromatic rings. The Morgan fingerprint density at radius 1 is 1.27 bits per heavy atom. The number of carboxylic acid groups (broad SMARTS) is 1. The SMILES string of the molecule is O=C(O)CC1(NC(=O)c2n[nH]c(=O)c3ccccc23)CCC1. The molecule has 0 bridgehead atoms. The average molecular weight is 301 g/mol. The first-order chi connectivity index (χ1) is 10.5. The fourth-order valence-corrected chi connectivity index (χ4v) is 2.83. The summed E-state index contributed by atoms with van der Waals surface area (Å²) >= 11 is 0. The van der Waals surface area contributed by atoms with Gasteiger partial charge in [0.25, 0.3) is 11.5 Å². The third-order valence-corrected chi connectivity index (χ3v) is 4.09. The number of aromatic amines is 1. The maximum Gasteiger partial charge on any atom is 0.305 e. The number of nitrogens with zero attached hydrogens (tertiary/aromatic N) is 1. The summed E-state index contributed by atoms with van der Waals surface area (Å²) in [7, 11) is 0. The van der Waals surface area contributed by atoms with Gasteiger partial charge >= 0.3 is 5.97 Å². The summed E-state index contributed by atoms with van der Waals surface area (Å²) in [6.07, 6.45) is 2.03. The Balaban J connectivity index is 1.94. The van der Waals surface area contributed by atoms with Crippen molar-refractivity contribution >= 4 is 22.6 Å². The van der Waals surface area contributed by atoms with E-state index in [1.807, 2.05) is 0 Å². The molecule has 0 saturated heterocycles. The third-order valence-electron chi connectivity index (χ3n) is 4.09. The minimum Gasteiger partial charge on any atom is -0.481 e. The van der Waals surface area contributed by atoms with Gasteiger partial charge in [-0.1, -0.05) is 18.2 Å². The lowest BCUT2D eigenvalue weighted by Crippen LogP contribution is -2.54. The van der Waals surface area contributed by atoms with Gasteiger partial charge < -0.3 is 10.4 Å². The van der Waals surface area contributed by atoms with E-state index in [4.69, 9.17) is 5.11 Å². The number of hydrogen-bond donors (Lipinski definition) is 3. The van der Waals surface area contributed by atoms with E-state index < -0.39 is 17.4 Å². The highest BCUT2D eigenvalue weighted by Gasteiger charge is 2.40. The Morgan fingerprint density at radius 2 is 1.95 bits per heavy atom. The topological polar surface area (TPSA) is 112 Å². The number of nitrogens with one attached hydrogen (secondary N) is 2. The second-order valence-electron chi connectivity index (χ2n) is 5.61. The van der Waals surface area contributed by atoms with Gasteiger partial charge in [-0.15, -0.1) is 0 Å². The monoisotopic (exact) mass is 301 g/mol. The smallest absolute Gasteiger partial charge is 0.305 e. The molecule has 3 rings (SSSR count). The van der Waals surface area contributed by atoms with Gasteiger partial charge in [-0.05, 0) is 25.3 Å². The lowest BCUT2D eigenvalue weighted by Gasteiger charge is -2.41. The third kappa shape index (κ3) is 2.45. The standard InChI is InChI=1S/C15H15N3O4/c19-11(20)8-15(6-3-7-15)16-14(22)12-9-4-1-2-5-10(9)13(21)18-17-12/h1-2,4-5H,3,6-8H2,(H,16,22)(H,18,21)(H,19,20). The Kier molecular flexibility index (Phi) is 3.40. The number of carboxylic acids is 1. The summed E-state index contributed by atoms with van der Waals surface area (Å²) in [6, 6.07) is 6.69. The van der Waals surface area contributed by atoms with Crippen molar-refractivity contribution in [2.24, 2.45) is 0 Å². The van der Waals surface area contributed by atoms with Crippen LogP contribution in [0, 0.1) is 0 Å². The van der Waals surface area contributed by atoms with E-state index in [1.165, 1.54) is 0 Å². The number of aromatic nitrogens is 2. The normalized spacial score (nSPS) is 16.0. The van der Waals surface area contributed by atoms with Crippen LogP contribution in [0.2, 0.25) is 0 Å². The molecule has 0 spiro atoms. The highest BCUT2D eigenvalue weighted by Crippen LogP contribution is 2.35. The van der Waals surface area contributed by atoms with Gasteiger partial charge in [-0.2, -0.15) is 5.10 Å². The van der Waals surface area contributed by atoms with Crippen molar-refractivity contribution < 1.29 is 14.7 Å². The summed E-state index contributed by atoms with van der Waals surface area (Å²) in [5, 5.41) is 18.7. The Morgan fingerprint density at radius 3 is 2.55 bits per heavy atom. The quantitative estimate of drug-likeness (QED) is 0.781. The predicted molar refractivity (Wildman–Crippen MR) is 78.7 cm³/mol. The zero-order valence-corrected chi connectivity index (χ0v) is 11.8. The van der Waals surface area contributed by atoms with Crippen LogP contribution in [0.15, 0.2) is 29.1 Å². The van der Waals surface area contributed by atoms with Gasteiger partial charge in [0.05, 0.1) is 17.3 Å². The number of carbonyl (C=O) groups excluding carboxylic acids is 1. The Bertz CT molecular complexity index is 808. The molecule has 1 aromatic carbocycles. The van der Waals surface area contributed by atoms with E-state index in [0.29, 0.717) is 23.6 Å². The molecule has 3 N–H and O–H groups in total. The zero-order chi connectivity index (χ0) is 15.7. The second kappa shape index (κ2) is 5.25. The maximum atomic E-state index is 12.5. The molecule has 1 aliphatic rings. The van der Waals surface area contributed by atoms with Crippen LogP contribution in [-0.2, 0) is 4.79 Å². The molecule has 7 nitrogen and oxygen atoms in total. The number of aliphatic carboxylic acids is 1. The number of benzene rings is 1. The van der Waals surface area contributed by atoms with E-state index in [1.54, 1.807) is 24.3 Å². The van der Waals surface area contributed by atoms with Gasteiger partial charge in [-0.3, -0.25) is 14.4 Å². The van der Waals surface area contributed by atoms with E-state index in [0.717, 1.165) is 6.42 Å². The summed E-state index contributed by atoms with van der Waals surface area (Å²) in [5.41, 5.74) is -0.968. The van der Waals surface area contributed by atoms with E-state index in [-0.39, 0.29) is 17.7 Å². The van der Waals surface area contributed by atoms with Crippen LogP contribution in [-0.4, -0.2) is 32.7 Å². The molecule has 1 fully saturated rings. The first-order valence-corrected chi connectivity index (χ1v) is 7.02. The van der Waals surface area contributed by atoms with Gasteiger partial charge in [0, 0.05) is 5.39 Å². The summed E-state index contributed by atoms with van der Waals surface area (Å²) in [6.45, 7) is 0. The molecule has 0 aliphatic heterocycles. The molecule has 1 amide bonds. The Labute approximate surface area is 125 Å². The van der Waals surface area contributed by atoms with Crippen LogP contribution in [0.3, 0.4) is 0 Å². The minimum absolute atomic E-state index is 0.104. The Hall–Kier alpha value is -2.70. The van der Waals surface area contributed by atoms with Crippen LogP contribution in [0.25, 0.3) is 10.8 Å². The van der Waals surface area contributed by atoms with Crippen molar-refractivity contribution in [3.8, 4) is 0 Å². The molecule has 7 heteroatoms. The number of H-pyrrole nitrogens is 1. The predicted octanol–water partition coefficient (Wildman–Crippen LogP) is 1.05. The number of carbonyl (C=O) groups is 2. The highest BCUT2D eigenvalue weighted by molar-refractivity contribution is 6.05. The van der Waals surface area contributed by atoms with Gasteiger partial charge in [-0.25, -0.2) is 5.10 Å². The number of hydrogen-bond acceptors (Lipinski definition) is 4. The van der Waals surface area contributed by atoms with E-state index >= 15 is 0 Å². The average Bonchev–Trinajstić information content (AvgIpc) is 2.45. The van der Waals surface area contributed by atoms with Crippen LogP contribution in [0.4, 0.5) is 0 Å². The van der Waals surface area contributed by atoms with Gasteiger partial charge in [0.1, 0.15) is 0 Å². The highest BCUT2D eigenvalue weighted by atomic mass is 16.4. The lowest BCUT2D eigenvalue weighted by molar-refractivity contribution is -0.139. The van der Waals surface area contributed by atoms with Crippen LogP contribution in [0.5, 0.6) is 0 Å². The molecule has 1 heterocycles. The van der Waals surface area contributed by atoms with Crippen LogP contribution < -0.4 is 10.9 Å². The largest absolute Gasteiger partial charge is 0.481 e. The molecular formula is C15H15N3O4. The summed E-state index contributed by atoms with van der Waals surface area (Å²) < 4.78 is 0. The summed E-state index contributed by atoms with van der Waals surface area (Å²) in [5.74, 6) is -1.41. The lowest BCUT2D eigenvalue weighted by atomic mass is 9.74. The summed E-state index contributed by atoms with van der Waals surface area (Å²) in [4.78, 5) is 35.2. The number of amides is 1. The second-order valence-corrected chi connectivity index (χ2v) is 5.61. The van der Waals surface area contributed by atoms with Gasteiger partial charge in [0.15, 0.2) is 5.69 Å². The van der Waals surface area contributed by atoms with Crippen molar-refractivity contribution in [1.82, 2.24) is 15.5 Å². The molecule has 1 aliphatic carbocycles.